The maximum atomic E-state index is 4.74. The number of nitrogens with one attached hydrogen (secondary N) is 2. The van der Waals surface area contributed by atoms with Crippen molar-refractivity contribution in [1.29, 1.82) is 0 Å². The Hall–Kier alpha value is -1.66. The first-order valence-electron chi connectivity index (χ1n) is 8.30. The molecule has 2 aromatic heterocycles. The molecule has 0 spiro atoms. The summed E-state index contributed by atoms with van der Waals surface area (Å²) >= 11 is 0. The summed E-state index contributed by atoms with van der Waals surface area (Å²) in [5.41, 5.74) is 3.40. The molecule has 0 amide bonds. The van der Waals surface area contributed by atoms with Crippen molar-refractivity contribution >= 4 is 17.1 Å². The minimum Gasteiger partial charge on any atom is -0.340 e. The van der Waals surface area contributed by atoms with Gasteiger partial charge in [0, 0.05) is 32.4 Å². The van der Waals surface area contributed by atoms with Gasteiger partial charge in [0.25, 0.3) is 0 Å². The van der Waals surface area contributed by atoms with Gasteiger partial charge >= 0.3 is 0 Å². The predicted molar refractivity (Wildman–Crippen MR) is 88.4 cm³/mol. The largest absolute Gasteiger partial charge is 0.340 e. The third-order valence-electron chi connectivity index (χ3n) is 4.99. The van der Waals surface area contributed by atoms with Crippen LogP contribution < -0.4 is 10.2 Å². The van der Waals surface area contributed by atoms with Gasteiger partial charge in [-0.1, -0.05) is 0 Å². The fourth-order valence-electron chi connectivity index (χ4n) is 3.56. The second kappa shape index (κ2) is 5.85. The SMILES string of the molecule is CN1CCN(c2nc3nccc(C4CCNCC4)c3[nH]2)CC1. The monoisotopic (exact) mass is 300 g/mol. The zero-order valence-electron chi connectivity index (χ0n) is 13.2. The third kappa shape index (κ3) is 2.57. The minimum absolute atomic E-state index is 0.618. The lowest BCUT2D eigenvalue weighted by atomic mass is 9.90. The molecule has 2 aliphatic rings. The highest BCUT2D eigenvalue weighted by Crippen LogP contribution is 2.30. The van der Waals surface area contributed by atoms with Gasteiger partial charge in [0.2, 0.25) is 5.95 Å². The summed E-state index contributed by atoms with van der Waals surface area (Å²) in [6.07, 6.45) is 4.30. The van der Waals surface area contributed by atoms with Crippen LogP contribution in [0.1, 0.15) is 24.3 Å². The molecule has 4 heterocycles. The molecule has 0 radical (unpaired) electrons. The fourth-order valence-corrected chi connectivity index (χ4v) is 3.56. The van der Waals surface area contributed by atoms with Gasteiger partial charge < -0.3 is 20.1 Å². The highest BCUT2D eigenvalue weighted by molar-refractivity contribution is 5.78. The van der Waals surface area contributed by atoms with Crippen LogP contribution in [0.4, 0.5) is 5.95 Å². The summed E-state index contributed by atoms with van der Waals surface area (Å²) in [5, 5.41) is 3.44. The molecule has 4 rings (SSSR count). The molecular weight excluding hydrogens is 276 g/mol. The molecular formula is C16H24N6. The molecule has 2 aliphatic heterocycles. The van der Waals surface area contributed by atoms with Gasteiger partial charge in [-0.2, -0.15) is 4.98 Å². The summed E-state index contributed by atoms with van der Waals surface area (Å²) < 4.78 is 0. The maximum absolute atomic E-state index is 4.74. The van der Waals surface area contributed by atoms with Crippen LogP contribution in [-0.2, 0) is 0 Å². The average molecular weight is 300 g/mol. The smallest absolute Gasteiger partial charge is 0.205 e. The van der Waals surface area contributed by atoms with E-state index < -0.39 is 0 Å². The van der Waals surface area contributed by atoms with Crippen LogP contribution in [0.5, 0.6) is 0 Å². The van der Waals surface area contributed by atoms with E-state index in [0.29, 0.717) is 5.92 Å². The zero-order chi connectivity index (χ0) is 14.9. The number of piperazine rings is 1. The van der Waals surface area contributed by atoms with Crippen LogP contribution >= 0.6 is 0 Å². The van der Waals surface area contributed by atoms with E-state index in [9.17, 15) is 0 Å². The Kier molecular flexibility index (Phi) is 3.72. The number of nitrogens with zero attached hydrogens (tertiary/aromatic N) is 4. The van der Waals surface area contributed by atoms with E-state index >= 15 is 0 Å². The van der Waals surface area contributed by atoms with E-state index in [4.69, 9.17) is 4.98 Å². The Balaban J connectivity index is 1.65. The van der Waals surface area contributed by atoms with Crippen molar-refractivity contribution in [3.63, 3.8) is 0 Å². The van der Waals surface area contributed by atoms with Crippen molar-refractivity contribution in [2.24, 2.45) is 0 Å². The van der Waals surface area contributed by atoms with E-state index in [2.05, 4.69) is 38.2 Å². The standard InChI is InChI=1S/C16H24N6/c1-21-8-10-22(11-9-21)16-19-14-13(4-7-18-15(14)20-16)12-2-5-17-6-3-12/h4,7,12,17H,2-3,5-6,8-11H2,1H3,(H,18,19,20). The Bertz CT molecular complexity index is 637. The van der Waals surface area contributed by atoms with Gasteiger partial charge in [-0.25, -0.2) is 4.98 Å². The molecule has 2 saturated heterocycles. The molecule has 6 heteroatoms. The summed E-state index contributed by atoms with van der Waals surface area (Å²) in [7, 11) is 2.17. The maximum Gasteiger partial charge on any atom is 0.205 e. The summed E-state index contributed by atoms with van der Waals surface area (Å²) in [6.45, 7) is 6.44. The number of fused-ring (bicyclic) bond motifs is 1. The van der Waals surface area contributed by atoms with E-state index in [1.54, 1.807) is 0 Å². The average Bonchev–Trinajstić information content (AvgIpc) is 3.00. The normalized spacial score (nSPS) is 21.6. The Morgan fingerprint density at radius 1 is 1.14 bits per heavy atom. The lowest BCUT2D eigenvalue weighted by Gasteiger charge is -2.32. The van der Waals surface area contributed by atoms with E-state index in [-0.39, 0.29) is 0 Å². The highest BCUT2D eigenvalue weighted by atomic mass is 15.3. The first-order chi connectivity index (χ1) is 10.8. The molecule has 0 aliphatic carbocycles. The molecule has 6 nitrogen and oxygen atoms in total. The Labute approximate surface area is 130 Å². The first-order valence-corrected chi connectivity index (χ1v) is 8.30. The number of piperidine rings is 1. The van der Waals surface area contributed by atoms with Gasteiger partial charge in [0.05, 0.1) is 5.52 Å². The molecule has 2 fully saturated rings. The molecule has 0 bridgehead atoms. The number of hydrogen-bond donors (Lipinski definition) is 2. The minimum atomic E-state index is 0.618. The second-order valence-corrected chi connectivity index (χ2v) is 6.47. The van der Waals surface area contributed by atoms with Crippen LogP contribution in [0.25, 0.3) is 11.2 Å². The van der Waals surface area contributed by atoms with Crippen molar-refractivity contribution in [2.45, 2.75) is 18.8 Å². The van der Waals surface area contributed by atoms with E-state index in [1.807, 2.05) is 6.20 Å². The number of imidazole rings is 1. The van der Waals surface area contributed by atoms with Crippen molar-refractivity contribution in [2.75, 3.05) is 51.2 Å². The molecule has 2 aromatic rings. The Morgan fingerprint density at radius 3 is 2.68 bits per heavy atom. The Morgan fingerprint density at radius 2 is 1.91 bits per heavy atom. The summed E-state index contributed by atoms with van der Waals surface area (Å²) in [5.74, 6) is 1.60. The number of H-pyrrole nitrogens is 1. The molecule has 2 N–H and O–H groups in total. The molecule has 0 saturated carbocycles. The van der Waals surface area contributed by atoms with E-state index in [1.165, 1.54) is 18.4 Å². The highest BCUT2D eigenvalue weighted by Gasteiger charge is 2.22. The van der Waals surface area contributed by atoms with Gasteiger partial charge in [-0.3, -0.25) is 0 Å². The number of likely N-dealkylation sites (N-methyl/N-ethyl adjacent to an activating group) is 1. The second-order valence-electron chi connectivity index (χ2n) is 6.47. The van der Waals surface area contributed by atoms with Gasteiger partial charge in [0.1, 0.15) is 0 Å². The van der Waals surface area contributed by atoms with Crippen molar-refractivity contribution in [3.05, 3.63) is 17.8 Å². The number of anilines is 1. The van der Waals surface area contributed by atoms with Crippen LogP contribution in [0.15, 0.2) is 12.3 Å². The lowest BCUT2D eigenvalue weighted by Crippen LogP contribution is -2.44. The van der Waals surface area contributed by atoms with Crippen LogP contribution in [0.3, 0.4) is 0 Å². The third-order valence-corrected chi connectivity index (χ3v) is 4.99. The summed E-state index contributed by atoms with van der Waals surface area (Å²) in [4.78, 5) is 17.5. The zero-order valence-corrected chi connectivity index (χ0v) is 13.2. The molecule has 0 unspecified atom stereocenters. The fraction of sp³-hybridized carbons (Fsp3) is 0.625. The number of rotatable bonds is 2. The predicted octanol–water partition coefficient (Wildman–Crippen LogP) is 1.18. The van der Waals surface area contributed by atoms with Crippen molar-refractivity contribution in [1.82, 2.24) is 25.2 Å². The van der Waals surface area contributed by atoms with Crippen LogP contribution in [0.2, 0.25) is 0 Å². The topological polar surface area (TPSA) is 60.1 Å². The first kappa shape index (κ1) is 14.0. The van der Waals surface area contributed by atoms with Gasteiger partial charge in [-0.15, -0.1) is 0 Å². The molecule has 0 aromatic carbocycles. The number of aromatic amines is 1. The summed E-state index contributed by atoms with van der Waals surface area (Å²) in [6, 6.07) is 2.17. The van der Waals surface area contributed by atoms with Crippen molar-refractivity contribution in [3.8, 4) is 0 Å². The van der Waals surface area contributed by atoms with Gasteiger partial charge in [0.15, 0.2) is 5.65 Å². The van der Waals surface area contributed by atoms with Crippen molar-refractivity contribution < 1.29 is 0 Å². The number of aromatic nitrogens is 3. The van der Waals surface area contributed by atoms with E-state index in [0.717, 1.165) is 56.4 Å². The van der Waals surface area contributed by atoms with Gasteiger partial charge in [-0.05, 0) is 50.5 Å². The van der Waals surface area contributed by atoms with Crippen LogP contribution in [-0.4, -0.2) is 66.2 Å². The molecule has 118 valence electrons. The molecule has 22 heavy (non-hydrogen) atoms. The lowest BCUT2D eigenvalue weighted by molar-refractivity contribution is 0.311. The quantitative estimate of drug-likeness (QED) is 0.872. The number of pyridine rings is 1. The molecule has 0 atom stereocenters. The number of hydrogen-bond acceptors (Lipinski definition) is 5. The van der Waals surface area contributed by atoms with Crippen LogP contribution in [0, 0.1) is 0 Å².